The predicted molar refractivity (Wildman–Crippen MR) is 85.2 cm³/mol. The summed E-state index contributed by atoms with van der Waals surface area (Å²) < 4.78 is 5.99. The van der Waals surface area contributed by atoms with Crippen LogP contribution in [-0.4, -0.2) is 48.8 Å². The zero-order valence-electron chi connectivity index (χ0n) is 13.7. The lowest BCUT2D eigenvalue weighted by Crippen LogP contribution is -2.58. The van der Waals surface area contributed by atoms with E-state index >= 15 is 0 Å². The number of nitrogens with zero attached hydrogens (tertiary/aromatic N) is 1. The van der Waals surface area contributed by atoms with Gasteiger partial charge in [0.1, 0.15) is 0 Å². The van der Waals surface area contributed by atoms with Crippen molar-refractivity contribution in [2.45, 2.75) is 89.9 Å². The number of hydrogen-bond acceptors (Lipinski definition) is 3. The zero-order chi connectivity index (χ0) is 14.4. The first-order valence-electron chi connectivity index (χ1n) is 8.92. The molecule has 20 heavy (non-hydrogen) atoms. The average Bonchev–Trinajstić information content (AvgIpc) is 2.94. The molecule has 1 aliphatic heterocycles. The lowest BCUT2D eigenvalue weighted by atomic mass is 9.95. The van der Waals surface area contributed by atoms with Crippen LogP contribution in [0, 0.1) is 0 Å². The summed E-state index contributed by atoms with van der Waals surface area (Å²) in [7, 11) is 0. The summed E-state index contributed by atoms with van der Waals surface area (Å²) in [5, 5.41) is 3.82. The first kappa shape index (κ1) is 16.3. The van der Waals surface area contributed by atoms with Gasteiger partial charge < -0.3 is 10.1 Å². The van der Waals surface area contributed by atoms with E-state index < -0.39 is 0 Å². The number of rotatable bonds is 8. The van der Waals surface area contributed by atoms with Crippen LogP contribution in [0.15, 0.2) is 0 Å². The summed E-state index contributed by atoms with van der Waals surface area (Å²) in [5.74, 6) is 0. The highest BCUT2D eigenvalue weighted by Gasteiger charge is 2.40. The van der Waals surface area contributed by atoms with Crippen LogP contribution in [0.3, 0.4) is 0 Å². The molecule has 118 valence electrons. The second-order valence-electron chi connectivity index (χ2n) is 6.47. The van der Waals surface area contributed by atoms with Crippen LogP contribution in [0.2, 0.25) is 0 Å². The van der Waals surface area contributed by atoms with Crippen molar-refractivity contribution < 1.29 is 4.74 Å². The van der Waals surface area contributed by atoms with Gasteiger partial charge in [0.25, 0.3) is 0 Å². The number of ether oxygens (including phenoxy) is 1. The molecular weight excluding hydrogens is 248 g/mol. The third-order valence-corrected chi connectivity index (χ3v) is 5.09. The van der Waals surface area contributed by atoms with E-state index in [1.165, 1.54) is 44.9 Å². The molecule has 1 aliphatic carbocycles. The van der Waals surface area contributed by atoms with Gasteiger partial charge >= 0.3 is 0 Å². The van der Waals surface area contributed by atoms with Crippen molar-refractivity contribution in [3.63, 3.8) is 0 Å². The minimum absolute atomic E-state index is 0.520. The molecule has 0 bridgehead atoms. The molecule has 2 aliphatic rings. The SMILES string of the molecule is CCCNC(CCC)C(CC)N1CCOC2CCCC21. The van der Waals surface area contributed by atoms with Crippen LogP contribution in [0.5, 0.6) is 0 Å². The molecule has 4 atom stereocenters. The molecule has 0 spiro atoms. The van der Waals surface area contributed by atoms with Gasteiger partial charge in [0.15, 0.2) is 0 Å². The molecular formula is C17H34N2O. The summed E-state index contributed by atoms with van der Waals surface area (Å²) in [4.78, 5) is 2.80. The molecule has 1 heterocycles. The van der Waals surface area contributed by atoms with Gasteiger partial charge in [0, 0.05) is 24.7 Å². The normalized spacial score (nSPS) is 30.1. The van der Waals surface area contributed by atoms with Crippen LogP contribution in [0.4, 0.5) is 0 Å². The minimum Gasteiger partial charge on any atom is -0.375 e. The van der Waals surface area contributed by atoms with E-state index in [9.17, 15) is 0 Å². The molecule has 0 aromatic rings. The molecule has 0 amide bonds. The summed E-state index contributed by atoms with van der Waals surface area (Å²) in [5.41, 5.74) is 0. The lowest BCUT2D eigenvalue weighted by Gasteiger charge is -2.45. The smallest absolute Gasteiger partial charge is 0.0731 e. The Balaban J connectivity index is 2.03. The third kappa shape index (κ3) is 3.75. The van der Waals surface area contributed by atoms with Crippen LogP contribution in [0.1, 0.15) is 65.7 Å². The monoisotopic (exact) mass is 282 g/mol. The molecule has 0 radical (unpaired) electrons. The van der Waals surface area contributed by atoms with Crippen molar-refractivity contribution in [1.82, 2.24) is 10.2 Å². The molecule has 0 aromatic carbocycles. The third-order valence-electron chi connectivity index (χ3n) is 5.09. The molecule has 3 heteroatoms. The highest BCUT2D eigenvalue weighted by atomic mass is 16.5. The Hall–Kier alpha value is -0.120. The number of morpholine rings is 1. The van der Waals surface area contributed by atoms with Gasteiger partial charge in [0.05, 0.1) is 12.7 Å². The molecule has 2 rings (SSSR count). The van der Waals surface area contributed by atoms with E-state index in [0.717, 1.165) is 19.7 Å². The fourth-order valence-corrected chi connectivity index (χ4v) is 4.19. The van der Waals surface area contributed by atoms with Crippen molar-refractivity contribution in [3.05, 3.63) is 0 Å². The predicted octanol–water partition coefficient (Wildman–Crippen LogP) is 3.19. The number of hydrogen-bond donors (Lipinski definition) is 1. The van der Waals surface area contributed by atoms with Crippen molar-refractivity contribution in [2.75, 3.05) is 19.7 Å². The highest BCUT2D eigenvalue weighted by molar-refractivity contribution is 4.95. The Morgan fingerprint density at radius 2 is 2.05 bits per heavy atom. The van der Waals surface area contributed by atoms with Gasteiger partial charge in [-0.1, -0.05) is 27.2 Å². The Bertz CT molecular complexity index is 272. The van der Waals surface area contributed by atoms with E-state index in [0.29, 0.717) is 24.2 Å². The lowest BCUT2D eigenvalue weighted by molar-refractivity contribution is -0.0778. The number of fused-ring (bicyclic) bond motifs is 1. The van der Waals surface area contributed by atoms with Gasteiger partial charge in [-0.05, 0) is 45.1 Å². The van der Waals surface area contributed by atoms with Gasteiger partial charge in [-0.15, -0.1) is 0 Å². The van der Waals surface area contributed by atoms with E-state index in [-0.39, 0.29) is 0 Å². The Kier molecular flexibility index (Phi) is 6.79. The molecule has 1 saturated heterocycles. The molecule has 0 aromatic heterocycles. The molecule has 4 unspecified atom stereocenters. The van der Waals surface area contributed by atoms with Crippen LogP contribution in [-0.2, 0) is 4.74 Å². The summed E-state index contributed by atoms with van der Waals surface area (Å²) in [6.45, 7) is 10.2. The quantitative estimate of drug-likeness (QED) is 0.740. The first-order chi connectivity index (χ1) is 9.81. The standard InChI is InChI=1S/C17H34N2O/c1-4-8-14(18-11-5-2)15(6-3)19-12-13-20-17-10-7-9-16(17)19/h14-18H,4-13H2,1-3H3. The fraction of sp³-hybridized carbons (Fsp3) is 1.00. The summed E-state index contributed by atoms with van der Waals surface area (Å²) >= 11 is 0. The minimum atomic E-state index is 0.520. The van der Waals surface area contributed by atoms with E-state index in [1.54, 1.807) is 0 Å². The van der Waals surface area contributed by atoms with Crippen LogP contribution in [0.25, 0.3) is 0 Å². The van der Waals surface area contributed by atoms with Gasteiger partial charge in [-0.2, -0.15) is 0 Å². The maximum absolute atomic E-state index is 5.99. The number of nitrogens with one attached hydrogen (secondary N) is 1. The van der Waals surface area contributed by atoms with Crippen LogP contribution >= 0.6 is 0 Å². The Morgan fingerprint density at radius 3 is 2.75 bits per heavy atom. The molecule has 3 nitrogen and oxygen atoms in total. The van der Waals surface area contributed by atoms with E-state index in [4.69, 9.17) is 4.74 Å². The Labute approximate surface area is 125 Å². The van der Waals surface area contributed by atoms with Crippen molar-refractivity contribution in [2.24, 2.45) is 0 Å². The molecule has 1 N–H and O–H groups in total. The summed E-state index contributed by atoms with van der Waals surface area (Å²) in [6.07, 6.45) is 9.54. The van der Waals surface area contributed by atoms with Gasteiger partial charge in [-0.25, -0.2) is 0 Å². The van der Waals surface area contributed by atoms with E-state index in [2.05, 4.69) is 31.0 Å². The topological polar surface area (TPSA) is 24.5 Å². The fourth-order valence-electron chi connectivity index (χ4n) is 4.19. The second kappa shape index (κ2) is 8.35. The zero-order valence-corrected chi connectivity index (χ0v) is 13.7. The average molecular weight is 282 g/mol. The van der Waals surface area contributed by atoms with Crippen molar-refractivity contribution in [3.8, 4) is 0 Å². The molecule has 1 saturated carbocycles. The second-order valence-corrected chi connectivity index (χ2v) is 6.47. The van der Waals surface area contributed by atoms with Gasteiger partial charge in [0.2, 0.25) is 0 Å². The largest absolute Gasteiger partial charge is 0.375 e. The first-order valence-corrected chi connectivity index (χ1v) is 8.92. The van der Waals surface area contributed by atoms with Crippen molar-refractivity contribution >= 4 is 0 Å². The van der Waals surface area contributed by atoms with Gasteiger partial charge in [-0.3, -0.25) is 4.90 Å². The maximum atomic E-state index is 5.99. The summed E-state index contributed by atoms with van der Waals surface area (Å²) in [6, 6.07) is 2.04. The Morgan fingerprint density at radius 1 is 1.20 bits per heavy atom. The van der Waals surface area contributed by atoms with E-state index in [1.807, 2.05) is 0 Å². The maximum Gasteiger partial charge on any atom is 0.0731 e. The van der Waals surface area contributed by atoms with Crippen LogP contribution < -0.4 is 5.32 Å². The van der Waals surface area contributed by atoms with Crippen molar-refractivity contribution in [1.29, 1.82) is 0 Å². The highest BCUT2D eigenvalue weighted by Crippen LogP contribution is 2.32. The molecule has 2 fully saturated rings.